The maximum Gasteiger partial charge on any atom is 0.208 e. The molecule has 0 heterocycles. The first-order valence-electron chi connectivity index (χ1n) is 4.45. The predicted molar refractivity (Wildman–Crippen MR) is 56.1 cm³/mol. The van der Waals surface area contributed by atoms with E-state index in [-0.39, 0.29) is 0 Å². The fourth-order valence-electron chi connectivity index (χ4n) is 0.862. The van der Waals surface area contributed by atoms with Gasteiger partial charge in [0.15, 0.2) is 0 Å². The standard InChI is InChI=1S/C9H19NO2S/c1-8(2)9(3)6-5-7-10-13(4,11)12/h8,10H,3,5-7H2,1-2,4H3. The van der Waals surface area contributed by atoms with E-state index in [0.29, 0.717) is 12.5 Å². The molecule has 1 N–H and O–H groups in total. The average Bonchev–Trinajstić information content (AvgIpc) is 1.95. The van der Waals surface area contributed by atoms with Crippen LogP contribution in [0.3, 0.4) is 0 Å². The zero-order chi connectivity index (χ0) is 10.5. The van der Waals surface area contributed by atoms with Gasteiger partial charge in [0.1, 0.15) is 0 Å². The molecule has 0 saturated carbocycles. The van der Waals surface area contributed by atoms with Gasteiger partial charge in [-0.05, 0) is 18.8 Å². The molecule has 0 bridgehead atoms. The number of hydrogen-bond donors (Lipinski definition) is 1. The van der Waals surface area contributed by atoms with Crippen LogP contribution in [0.15, 0.2) is 12.2 Å². The lowest BCUT2D eigenvalue weighted by Gasteiger charge is -2.08. The quantitative estimate of drug-likeness (QED) is 0.528. The van der Waals surface area contributed by atoms with E-state index in [9.17, 15) is 8.42 Å². The minimum atomic E-state index is -3.02. The summed E-state index contributed by atoms with van der Waals surface area (Å²) in [5, 5.41) is 0. The van der Waals surface area contributed by atoms with Crippen LogP contribution in [-0.4, -0.2) is 21.2 Å². The van der Waals surface area contributed by atoms with E-state index < -0.39 is 10.0 Å². The monoisotopic (exact) mass is 205 g/mol. The van der Waals surface area contributed by atoms with Crippen molar-refractivity contribution < 1.29 is 8.42 Å². The second-order valence-corrected chi connectivity index (χ2v) is 5.42. The van der Waals surface area contributed by atoms with Gasteiger partial charge in [-0.2, -0.15) is 0 Å². The summed E-state index contributed by atoms with van der Waals surface area (Å²) >= 11 is 0. The summed E-state index contributed by atoms with van der Waals surface area (Å²) in [6.45, 7) is 8.59. The van der Waals surface area contributed by atoms with Crippen LogP contribution in [0.25, 0.3) is 0 Å². The van der Waals surface area contributed by atoms with Crippen molar-refractivity contribution in [3.05, 3.63) is 12.2 Å². The summed E-state index contributed by atoms with van der Waals surface area (Å²) in [6.07, 6.45) is 2.88. The molecule has 0 spiro atoms. The van der Waals surface area contributed by atoms with Gasteiger partial charge in [-0.25, -0.2) is 13.1 Å². The number of sulfonamides is 1. The van der Waals surface area contributed by atoms with Crippen LogP contribution < -0.4 is 4.72 Å². The molecule has 0 rings (SSSR count). The third kappa shape index (κ3) is 7.99. The fourth-order valence-corrected chi connectivity index (χ4v) is 1.38. The molecule has 13 heavy (non-hydrogen) atoms. The van der Waals surface area contributed by atoms with Crippen molar-refractivity contribution in [3.8, 4) is 0 Å². The van der Waals surface area contributed by atoms with Crippen LogP contribution in [0.2, 0.25) is 0 Å². The molecule has 0 aromatic rings. The zero-order valence-electron chi connectivity index (χ0n) is 8.63. The van der Waals surface area contributed by atoms with E-state index in [2.05, 4.69) is 25.1 Å². The first kappa shape index (κ1) is 12.7. The first-order valence-corrected chi connectivity index (χ1v) is 6.34. The second kappa shape index (κ2) is 5.40. The van der Waals surface area contributed by atoms with E-state index >= 15 is 0 Å². The van der Waals surface area contributed by atoms with Crippen molar-refractivity contribution in [2.75, 3.05) is 12.8 Å². The third-order valence-corrected chi connectivity index (χ3v) is 2.58. The summed E-state index contributed by atoms with van der Waals surface area (Å²) < 4.78 is 23.8. The van der Waals surface area contributed by atoms with Crippen LogP contribution in [0.4, 0.5) is 0 Å². The summed E-state index contributed by atoms with van der Waals surface area (Å²) in [5.74, 6) is 0.484. The lowest BCUT2D eigenvalue weighted by molar-refractivity contribution is 0.583. The molecule has 0 saturated heterocycles. The van der Waals surface area contributed by atoms with E-state index in [1.54, 1.807) is 0 Å². The molecular weight excluding hydrogens is 186 g/mol. The molecule has 0 aliphatic heterocycles. The van der Waals surface area contributed by atoms with Gasteiger partial charge in [-0.3, -0.25) is 0 Å². The molecule has 0 atom stereocenters. The van der Waals surface area contributed by atoms with Gasteiger partial charge in [0.25, 0.3) is 0 Å². The van der Waals surface area contributed by atoms with Crippen molar-refractivity contribution in [3.63, 3.8) is 0 Å². The van der Waals surface area contributed by atoms with Crippen LogP contribution in [0.1, 0.15) is 26.7 Å². The molecule has 0 fully saturated rings. The highest BCUT2D eigenvalue weighted by Gasteiger charge is 2.02. The fraction of sp³-hybridized carbons (Fsp3) is 0.778. The normalized spacial score (nSPS) is 12.0. The summed E-state index contributed by atoms with van der Waals surface area (Å²) in [7, 11) is -3.02. The topological polar surface area (TPSA) is 46.2 Å². The van der Waals surface area contributed by atoms with Crippen LogP contribution >= 0.6 is 0 Å². The summed E-state index contributed by atoms with van der Waals surface area (Å²) in [6, 6.07) is 0. The lowest BCUT2D eigenvalue weighted by Crippen LogP contribution is -2.23. The van der Waals surface area contributed by atoms with Crippen molar-refractivity contribution in [2.45, 2.75) is 26.7 Å². The number of nitrogens with one attached hydrogen (secondary N) is 1. The van der Waals surface area contributed by atoms with Gasteiger partial charge in [0.05, 0.1) is 6.26 Å². The Hall–Kier alpha value is -0.350. The van der Waals surface area contributed by atoms with Crippen LogP contribution in [-0.2, 0) is 10.0 Å². The molecule has 0 aromatic heterocycles. The Bertz CT molecular complexity index is 255. The van der Waals surface area contributed by atoms with Gasteiger partial charge >= 0.3 is 0 Å². The van der Waals surface area contributed by atoms with Crippen molar-refractivity contribution in [1.82, 2.24) is 4.72 Å². The lowest BCUT2D eigenvalue weighted by atomic mass is 10.0. The molecule has 0 amide bonds. The maximum absolute atomic E-state index is 10.7. The minimum Gasteiger partial charge on any atom is -0.215 e. The Kier molecular flexibility index (Phi) is 5.25. The summed E-state index contributed by atoms with van der Waals surface area (Å²) in [4.78, 5) is 0. The van der Waals surface area contributed by atoms with E-state index in [0.717, 1.165) is 12.8 Å². The zero-order valence-corrected chi connectivity index (χ0v) is 9.45. The Morgan fingerprint density at radius 3 is 2.38 bits per heavy atom. The molecule has 0 radical (unpaired) electrons. The molecule has 3 nitrogen and oxygen atoms in total. The Balaban J connectivity index is 3.53. The van der Waals surface area contributed by atoms with E-state index in [1.807, 2.05) is 0 Å². The largest absolute Gasteiger partial charge is 0.215 e. The number of rotatable bonds is 6. The molecule has 78 valence electrons. The van der Waals surface area contributed by atoms with Gasteiger partial charge in [-0.15, -0.1) is 0 Å². The average molecular weight is 205 g/mol. The first-order chi connectivity index (χ1) is 5.83. The van der Waals surface area contributed by atoms with E-state index in [1.165, 1.54) is 11.8 Å². The second-order valence-electron chi connectivity index (χ2n) is 3.58. The molecular formula is C9H19NO2S. The van der Waals surface area contributed by atoms with Crippen molar-refractivity contribution >= 4 is 10.0 Å². The smallest absolute Gasteiger partial charge is 0.208 e. The van der Waals surface area contributed by atoms with Gasteiger partial charge in [0, 0.05) is 6.54 Å². The highest BCUT2D eigenvalue weighted by molar-refractivity contribution is 7.88. The highest BCUT2D eigenvalue weighted by Crippen LogP contribution is 2.12. The molecule has 0 aliphatic rings. The SMILES string of the molecule is C=C(CCCNS(C)(=O)=O)C(C)C. The Morgan fingerprint density at radius 2 is 2.00 bits per heavy atom. The minimum absolute atomic E-state index is 0.484. The van der Waals surface area contributed by atoms with Gasteiger partial charge < -0.3 is 0 Å². The molecule has 4 heteroatoms. The molecule has 0 aliphatic carbocycles. The Morgan fingerprint density at radius 1 is 1.46 bits per heavy atom. The van der Waals surface area contributed by atoms with Crippen LogP contribution in [0.5, 0.6) is 0 Å². The van der Waals surface area contributed by atoms with Gasteiger partial charge in [-0.1, -0.05) is 26.0 Å². The number of hydrogen-bond acceptors (Lipinski definition) is 2. The van der Waals surface area contributed by atoms with Gasteiger partial charge in [0.2, 0.25) is 10.0 Å². The third-order valence-electron chi connectivity index (χ3n) is 1.86. The van der Waals surface area contributed by atoms with Crippen LogP contribution in [0, 0.1) is 5.92 Å². The highest BCUT2D eigenvalue weighted by atomic mass is 32.2. The predicted octanol–water partition coefficient (Wildman–Crippen LogP) is 1.53. The van der Waals surface area contributed by atoms with E-state index in [4.69, 9.17) is 0 Å². The molecule has 0 aromatic carbocycles. The number of allylic oxidation sites excluding steroid dienone is 1. The van der Waals surface area contributed by atoms with Crippen molar-refractivity contribution in [2.24, 2.45) is 5.92 Å². The Labute approximate surface area is 81.3 Å². The summed E-state index contributed by atoms with van der Waals surface area (Å²) in [5.41, 5.74) is 1.18. The maximum atomic E-state index is 10.7. The molecule has 0 unspecified atom stereocenters. The van der Waals surface area contributed by atoms with Crippen molar-refractivity contribution in [1.29, 1.82) is 0 Å².